The highest BCUT2D eigenvalue weighted by molar-refractivity contribution is 8.01. The lowest BCUT2D eigenvalue weighted by Crippen LogP contribution is -2.29. The van der Waals surface area contributed by atoms with Gasteiger partial charge in [0.25, 0.3) is 0 Å². The van der Waals surface area contributed by atoms with Crippen LogP contribution in [-0.2, 0) is 4.79 Å². The molecule has 5 nitrogen and oxygen atoms in total. The summed E-state index contributed by atoms with van der Waals surface area (Å²) in [7, 11) is 5.72. The number of hydrogen-bond acceptors (Lipinski definition) is 6. The van der Waals surface area contributed by atoms with Gasteiger partial charge in [0.1, 0.15) is 26.8 Å². The summed E-state index contributed by atoms with van der Waals surface area (Å²) in [6, 6.07) is 22.6. The monoisotopic (exact) mass is 525 g/mol. The number of carbonyl (C=O) groups is 1. The van der Waals surface area contributed by atoms with E-state index in [1.54, 1.807) is 48.5 Å². The molecule has 1 N–H and O–H groups in total. The Kier molecular flexibility index (Phi) is 8.00. The number of anilines is 2. The van der Waals surface area contributed by atoms with Crippen molar-refractivity contribution < 1.29 is 23.1 Å². The van der Waals surface area contributed by atoms with E-state index in [2.05, 4.69) is 4.98 Å². The van der Waals surface area contributed by atoms with Crippen molar-refractivity contribution in [1.82, 2.24) is 4.98 Å². The molecule has 3 aromatic carbocycles. The quantitative estimate of drug-likeness (QED) is 0.222. The molecule has 0 spiro atoms. The Hall–Kier alpha value is -3.31. The third-order valence-electron chi connectivity index (χ3n) is 4.91. The summed E-state index contributed by atoms with van der Waals surface area (Å²) in [4.78, 5) is 17.5. The van der Waals surface area contributed by atoms with Gasteiger partial charge >= 0.3 is 12.1 Å². The fraction of sp³-hybridized carbons (Fsp3) is 0.120. The molecule has 0 amide bonds. The number of benzene rings is 3. The minimum atomic E-state index is -4.47. The smallest absolute Gasteiger partial charge is 0.406 e. The van der Waals surface area contributed by atoms with Crippen molar-refractivity contribution in [2.24, 2.45) is 0 Å². The Labute approximate surface area is 216 Å². The van der Waals surface area contributed by atoms with Crippen LogP contribution in [-0.4, -0.2) is 43.2 Å². The lowest BCUT2D eigenvalue weighted by molar-refractivity contribution is -0.135. The zero-order valence-corrected chi connectivity index (χ0v) is 20.4. The first-order chi connectivity index (χ1) is 17.2. The van der Waals surface area contributed by atoms with E-state index in [1.807, 2.05) is 30.3 Å². The summed E-state index contributed by atoms with van der Waals surface area (Å²) in [6.07, 6.45) is -3.12. The number of carboxylic acid groups (broad SMARTS) is 1. The van der Waals surface area contributed by atoms with Crippen LogP contribution in [0.3, 0.4) is 0 Å². The Morgan fingerprint density at radius 2 is 1.44 bits per heavy atom. The van der Waals surface area contributed by atoms with E-state index in [4.69, 9.17) is 7.85 Å². The van der Waals surface area contributed by atoms with Crippen LogP contribution in [0.25, 0.3) is 10.8 Å². The van der Waals surface area contributed by atoms with Crippen LogP contribution < -0.4 is 14.1 Å². The van der Waals surface area contributed by atoms with Gasteiger partial charge < -0.3 is 9.41 Å². The highest BCUT2D eigenvalue weighted by atomic mass is 32.2. The van der Waals surface area contributed by atoms with Gasteiger partial charge in [-0.15, -0.1) is 0 Å². The van der Waals surface area contributed by atoms with Crippen molar-refractivity contribution in [1.29, 1.82) is 0 Å². The third kappa shape index (κ3) is 6.67. The topological polar surface area (TPSA) is 56.7 Å². The Morgan fingerprint density at radius 1 is 0.861 bits per heavy atom. The molecule has 1 aromatic heterocycles. The molecule has 0 bridgehead atoms. The third-order valence-corrected chi connectivity index (χ3v) is 6.95. The summed E-state index contributed by atoms with van der Waals surface area (Å²) in [5, 5.41) is 10.6. The summed E-state index contributed by atoms with van der Waals surface area (Å²) in [5.74, 6) is -0.721. The predicted octanol–water partition coefficient (Wildman–Crippen LogP) is 5.70. The minimum Gasteiger partial charge on any atom is -0.480 e. The number of halogens is 3. The number of rotatable bonds is 9. The van der Waals surface area contributed by atoms with E-state index in [1.165, 1.54) is 22.4 Å². The van der Waals surface area contributed by atoms with Crippen molar-refractivity contribution >= 4 is 65.5 Å². The zero-order valence-electron chi connectivity index (χ0n) is 18.7. The first-order valence-corrected chi connectivity index (χ1v) is 12.2. The highest BCUT2D eigenvalue weighted by Gasteiger charge is 2.33. The van der Waals surface area contributed by atoms with Crippen LogP contribution in [0, 0.1) is 0 Å². The van der Waals surface area contributed by atoms with E-state index in [0.717, 1.165) is 21.1 Å². The maximum atomic E-state index is 13.6. The summed E-state index contributed by atoms with van der Waals surface area (Å²) in [6.45, 7) is -1.58. The SMILES string of the molecule is [B]c1ccc(SN(CC(F)(F)F)c2cnc(N(CC(=O)O)Sc3ccccc3)c3ccccc23)cc1. The van der Waals surface area contributed by atoms with Crippen LogP contribution in [0.2, 0.25) is 0 Å². The summed E-state index contributed by atoms with van der Waals surface area (Å²) < 4.78 is 43.4. The van der Waals surface area contributed by atoms with Gasteiger partial charge in [-0.1, -0.05) is 60.1 Å². The first-order valence-electron chi connectivity index (χ1n) is 10.7. The van der Waals surface area contributed by atoms with Crippen LogP contribution >= 0.6 is 23.9 Å². The van der Waals surface area contributed by atoms with Crippen molar-refractivity contribution in [3.63, 3.8) is 0 Å². The molecule has 0 unspecified atom stereocenters. The number of pyridine rings is 1. The van der Waals surface area contributed by atoms with Crippen LogP contribution in [0.5, 0.6) is 0 Å². The number of aromatic nitrogens is 1. The highest BCUT2D eigenvalue weighted by Crippen LogP contribution is 2.40. The largest absolute Gasteiger partial charge is 0.480 e. The second-order valence-corrected chi connectivity index (χ2v) is 9.85. The Balaban J connectivity index is 1.78. The number of nitrogens with zero attached hydrogens (tertiary/aromatic N) is 3. The molecule has 0 fully saturated rings. The molecule has 0 saturated carbocycles. The number of alkyl halides is 3. The molecular weight excluding hydrogens is 506 g/mol. The standard InChI is InChI=1S/C25H19BF3N3O2S2/c26-17-10-12-19(13-11-17)36-32(16-25(27,28)29)22-14-30-24(21-9-5-4-8-20(21)22)31(15-23(33)34)35-18-6-2-1-3-7-18/h1-14H,15-16H2,(H,33,34). The molecule has 36 heavy (non-hydrogen) atoms. The van der Waals surface area contributed by atoms with Gasteiger partial charge in [-0.3, -0.25) is 9.10 Å². The predicted molar refractivity (Wildman–Crippen MR) is 140 cm³/mol. The van der Waals surface area contributed by atoms with Crippen molar-refractivity contribution in [2.75, 3.05) is 21.7 Å². The normalized spacial score (nSPS) is 11.4. The van der Waals surface area contributed by atoms with E-state index >= 15 is 0 Å². The van der Waals surface area contributed by atoms with Gasteiger partial charge in [0.05, 0.1) is 11.9 Å². The number of fused-ring (bicyclic) bond motifs is 1. The lowest BCUT2D eigenvalue weighted by atomic mass is 9.97. The molecule has 11 heteroatoms. The fourth-order valence-electron chi connectivity index (χ4n) is 3.43. The number of hydrogen-bond donors (Lipinski definition) is 1. The average Bonchev–Trinajstić information content (AvgIpc) is 2.83. The van der Waals surface area contributed by atoms with Gasteiger partial charge in [-0.2, -0.15) is 13.2 Å². The molecule has 1 heterocycles. The molecule has 2 radical (unpaired) electrons. The van der Waals surface area contributed by atoms with Crippen LogP contribution in [0.15, 0.2) is 94.9 Å². The molecule has 182 valence electrons. The summed E-state index contributed by atoms with van der Waals surface area (Å²) >= 11 is 2.12. The minimum absolute atomic E-state index is 0.258. The zero-order chi connectivity index (χ0) is 25.7. The molecule has 0 aliphatic carbocycles. The van der Waals surface area contributed by atoms with Crippen molar-refractivity contribution in [2.45, 2.75) is 16.0 Å². The van der Waals surface area contributed by atoms with E-state index < -0.39 is 18.7 Å². The molecule has 0 aliphatic heterocycles. The summed E-state index contributed by atoms with van der Waals surface area (Å²) in [5.41, 5.74) is 0.765. The fourth-order valence-corrected chi connectivity index (χ4v) is 5.33. The molecule has 0 atom stereocenters. The second kappa shape index (κ2) is 11.2. The van der Waals surface area contributed by atoms with Crippen LogP contribution in [0.1, 0.15) is 0 Å². The van der Waals surface area contributed by atoms with E-state index in [9.17, 15) is 23.1 Å². The Bertz CT molecular complexity index is 1340. The second-order valence-electron chi connectivity index (χ2n) is 7.66. The number of aliphatic carboxylic acids is 1. The maximum Gasteiger partial charge on any atom is 0.406 e. The van der Waals surface area contributed by atoms with Gasteiger partial charge in [0.15, 0.2) is 0 Å². The van der Waals surface area contributed by atoms with Crippen LogP contribution in [0.4, 0.5) is 24.7 Å². The van der Waals surface area contributed by atoms with Gasteiger partial charge in [-0.25, -0.2) is 4.98 Å². The van der Waals surface area contributed by atoms with Gasteiger partial charge in [-0.05, 0) is 48.2 Å². The molecule has 0 saturated heterocycles. The lowest BCUT2D eigenvalue weighted by Gasteiger charge is -2.28. The molecule has 4 aromatic rings. The van der Waals surface area contributed by atoms with Gasteiger partial charge in [0, 0.05) is 20.6 Å². The maximum absolute atomic E-state index is 13.6. The van der Waals surface area contributed by atoms with Crippen molar-refractivity contribution in [3.8, 4) is 0 Å². The van der Waals surface area contributed by atoms with E-state index in [-0.39, 0.29) is 12.2 Å². The first kappa shape index (κ1) is 25.8. The Morgan fingerprint density at radius 3 is 2.08 bits per heavy atom. The van der Waals surface area contributed by atoms with Gasteiger partial charge in [0.2, 0.25) is 0 Å². The number of carboxylic acids is 1. The molecule has 0 aliphatic rings. The van der Waals surface area contributed by atoms with Crippen molar-refractivity contribution in [3.05, 3.63) is 85.1 Å². The molecule has 4 rings (SSSR count). The van der Waals surface area contributed by atoms with E-state index in [0.29, 0.717) is 26.9 Å². The average molecular weight is 525 g/mol. The molecular formula is C25H19BF3N3O2S2.